The lowest BCUT2D eigenvalue weighted by Crippen LogP contribution is -2.60. The standard InChI is InChI=1S/C24H34FN3O6/c1-24(2,3)34-22(30)26-17-9-11-27(12-10-17)18-13-19(15-5-7-16(25)8-6-15)20(21(29)33-4)28(14-18)23(31)32/h5-8,17-20H,9-14H2,1-4H3,(H,26,30)(H,31,32). The zero-order valence-corrected chi connectivity index (χ0v) is 20.1. The number of halogens is 1. The number of nitrogens with one attached hydrogen (secondary N) is 1. The maximum absolute atomic E-state index is 13.5. The highest BCUT2D eigenvalue weighted by molar-refractivity contribution is 5.82. The Hall–Kier alpha value is -2.88. The summed E-state index contributed by atoms with van der Waals surface area (Å²) < 4.78 is 23.8. The highest BCUT2D eigenvalue weighted by atomic mass is 19.1. The summed E-state index contributed by atoms with van der Waals surface area (Å²) in [5.74, 6) is -1.50. The molecule has 2 aliphatic rings. The summed E-state index contributed by atoms with van der Waals surface area (Å²) in [6, 6.07) is 4.65. The molecule has 188 valence electrons. The van der Waals surface area contributed by atoms with Gasteiger partial charge in [-0.2, -0.15) is 0 Å². The smallest absolute Gasteiger partial charge is 0.408 e. The molecule has 2 aliphatic heterocycles. The summed E-state index contributed by atoms with van der Waals surface area (Å²) in [7, 11) is 1.23. The molecule has 2 amide bonds. The Balaban J connectivity index is 1.73. The maximum Gasteiger partial charge on any atom is 0.408 e. The van der Waals surface area contributed by atoms with Crippen LogP contribution in [0.1, 0.15) is 51.5 Å². The molecule has 0 bridgehead atoms. The summed E-state index contributed by atoms with van der Waals surface area (Å²) in [6.45, 7) is 6.93. The number of hydrogen-bond donors (Lipinski definition) is 2. The van der Waals surface area contributed by atoms with Crippen molar-refractivity contribution in [2.75, 3.05) is 26.7 Å². The number of esters is 1. The number of methoxy groups -OCH3 is 1. The number of likely N-dealkylation sites (tertiary alicyclic amines) is 2. The molecule has 0 saturated carbocycles. The molecular weight excluding hydrogens is 445 g/mol. The minimum atomic E-state index is -1.20. The van der Waals surface area contributed by atoms with E-state index < -0.39 is 41.5 Å². The summed E-state index contributed by atoms with van der Waals surface area (Å²) in [5.41, 5.74) is 0.118. The Morgan fingerprint density at radius 2 is 1.74 bits per heavy atom. The number of piperidine rings is 2. The number of rotatable bonds is 4. The molecule has 2 heterocycles. The van der Waals surface area contributed by atoms with E-state index in [9.17, 15) is 23.9 Å². The van der Waals surface area contributed by atoms with Crippen LogP contribution in [0.2, 0.25) is 0 Å². The van der Waals surface area contributed by atoms with Crippen LogP contribution in [0.5, 0.6) is 0 Å². The second kappa shape index (κ2) is 10.6. The van der Waals surface area contributed by atoms with E-state index in [2.05, 4.69) is 10.2 Å². The molecule has 0 aliphatic carbocycles. The van der Waals surface area contributed by atoms with Gasteiger partial charge in [-0.05, 0) is 57.7 Å². The number of benzene rings is 1. The van der Waals surface area contributed by atoms with E-state index >= 15 is 0 Å². The fourth-order valence-electron chi connectivity index (χ4n) is 4.84. The quantitative estimate of drug-likeness (QED) is 0.639. The van der Waals surface area contributed by atoms with Crippen molar-refractivity contribution in [1.82, 2.24) is 15.1 Å². The first kappa shape index (κ1) is 25.7. The predicted molar refractivity (Wildman–Crippen MR) is 122 cm³/mol. The molecule has 3 rings (SSSR count). The van der Waals surface area contributed by atoms with E-state index in [1.807, 2.05) is 20.8 Å². The first-order valence-electron chi connectivity index (χ1n) is 11.5. The van der Waals surface area contributed by atoms with Gasteiger partial charge in [0.05, 0.1) is 7.11 Å². The first-order valence-corrected chi connectivity index (χ1v) is 11.5. The van der Waals surface area contributed by atoms with Crippen LogP contribution in [0.25, 0.3) is 0 Å². The van der Waals surface area contributed by atoms with Gasteiger partial charge in [0.25, 0.3) is 0 Å². The predicted octanol–water partition coefficient (Wildman–Crippen LogP) is 3.19. The molecule has 3 atom stereocenters. The van der Waals surface area contributed by atoms with E-state index in [1.54, 1.807) is 12.1 Å². The zero-order chi connectivity index (χ0) is 25.0. The lowest BCUT2D eigenvalue weighted by Gasteiger charge is -2.47. The van der Waals surface area contributed by atoms with Gasteiger partial charge in [0.1, 0.15) is 17.5 Å². The normalized spacial score (nSPS) is 24.4. The SMILES string of the molecule is COC(=O)C1C(c2ccc(F)cc2)CC(N2CCC(NC(=O)OC(C)(C)C)CC2)CN1C(=O)O. The Kier molecular flexibility index (Phi) is 8.01. The molecule has 0 aromatic heterocycles. The zero-order valence-electron chi connectivity index (χ0n) is 20.1. The van der Waals surface area contributed by atoms with Crippen molar-refractivity contribution in [3.05, 3.63) is 35.6 Å². The molecule has 2 saturated heterocycles. The third kappa shape index (κ3) is 6.37. The van der Waals surface area contributed by atoms with Crippen LogP contribution in [0.3, 0.4) is 0 Å². The second-order valence-electron chi connectivity index (χ2n) is 9.91. The first-order chi connectivity index (χ1) is 16.0. The van der Waals surface area contributed by atoms with Crippen LogP contribution in [-0.4, -0.2) is 83.5 Å². The number of carbonyl (C=O) groups excluding carboxylic acids is 2. The van der Waals surface area contributed by atoms with Crippen LogP contribution >= 0.6 is 0 Å². The van der Waals surface area contributed by atoms with Gasteiger partial charge in [-0.25, -0.2) is 18.8 Å². The van der Waals surface area contributed by atoms with Crippen molar-refractivity contribution in [3.8, 4) is 0 Å². The van der Waals surface area contributed by atoms with Crippen molar-refractivity contribution < 1.29 is 33.4 Å². The Labute approximate surface area is 199 Å². The second-order valence-corrected chi connectivity index (χ2v) is 9.91. The number of ether oxygens (including phenoxy) is 2. The van der Waals surface area contributed by atoms with Gasteiger partial charge in [0.2, 0.25) is 0 Å². The number of alkyl carbamates (subject to hydrolysis) is 1. The van der Waals surface area contributed by atoms with Gasteiger partial charge in [-0.3, -0.25) is 9.80 Å². The molecule has 9 nitrogen and oxygen atoms in total. The number of hydrogen-bond acceptors (Lipinski definition) is 6. The Bertz CT molecular complexity index is 880. The largest absolute Gasteiger partial charge is 0.467 e. The third-order valence-electron chi connectivity index (χ3n) is 6.40. The summed E-state index contributed by atoms with van der Waals surface area (Å²) in [5, 5.41) is 12.8. The molecule has 1 aromatic carbocycles. The van der Waals surface area contributed by atoms with E-state index in [4.69, 9.17) is 9.47 Å². The van der Waals surface area contributed by atoms with Gasteiger partial charge < -0.3 is 19.9 Å². The molecule has 2 N–H and O–H groups in total. The summed E-state index contributed by atoms with van der Waals surface area (Å²) >= 11 is 0. The average molecular weight is 480 g/mol. The van der Waals surface area contributed by atoms with Crippen LogP contribution in [0.4, 0.5) is 14.0 Å². The van der Waals surface area contributed by atoms with Crippen molar-refractivity contribution in [3.63, 3.8) is 0 Å². The molecule has 0 radical (unpaired) electrons. The topological polar surface area (TPSA) is 108 Å². The molecular formula is C24H34FN3O6. The van der Waals surface area contributed by atoms with E-state index in [0.29, 0.717) is 37.9 Å². The lowest BCUT2D eigenvalue weighted by molar-refractivity contribution is -0.149. The molecule has 0 spiro atoms. The van der Waals surface area contributed by atoms with Crippen molar-refractivity contribution in [1.29, 1.82) is 0 Å². The number of carboxylic acid groups (broad SMARTS) is 1. The van der Waals surface area contributed by atoms with Gasteiger partial charge >= 0.3 is 18.2 Å². The van der Waals surface area contributed by atoms with Crippen LogP contribution in [-0.2, 0) is 14.3 Å². The molecule has 34 heavy (non-hydrogen) atoms. The van der Waals surface area contributed by atoms with E-state index in [1.165, 1.54) is 19.2 Å². The average Bonchev–Trinajstić information content (AvgIpc) is 2.77. The number of amides is 2. The fourth-order valence-corrected chi connectivity index (χ4v) is 4.84. The third-order valence-corrected chi connectivity index (χ3v) is 6.40. The van der Waals surface area contributed by atoms with E-state index in [0.717, 1.165) is 4.90 Å². The van der Waals surface area contributed by atoms with Gasteiger partial charge in [-0.1, -0.05) is 12.1 Å². The fraction of sp³-hybridized carbons (Fsp3) is 0.625. The van der Waals surface area contributed by atoms with Gasteiger partial charge in [0.15, 0.2) is 0 Å². The van der Waals surface area contributed by atoms with Gasteiger partial charge in [-0.15, -0.1) is 0 Å². The van der Waals surface area contributed by atoms with E-state index in [-0.39, 0.29) is 18.6 Å². The highest BCUT2D eigenvalue weighted by Gasteiger charge is 2.46. The molecule has 2 fully saturated rings. The monoisotopic (exact) mass is 479 g/mol. The maximum atomic E-state index is 13.5. The van der Waals surface area contributed by atoms with Crippen LogP contribution in [0, 0.1) is 5.82 Å². The lowest BCUT2D eigenvalue weighted by atomic mass is 9.80. The Morgan fingerprint density at radius 1 is 1.12 bits per heavy atom. The van der Waals surface area contributed by atoms with Crippen molar-refractivity contribution in [2.24, 2.45) is 0 Å². The van der Waals surface area contributed by atoms with Crippen molar-refractivity contribution >= 4 is 18.2 Å². The minimum Gasteiger partial charge on any atom is -0.467 e. The number of nitrogens with zero attached hydrogens (tertiary/aromatic N) is 2. The number of carbonyl (C=O) groups is 3. The molecule has 1 aromatic rings. The van der Waals surface area contributed by atoms with Crippen LogP contribution < -0.4 is 5.32 Å². The van der Waals surface area contributed by atoms with Gasteiger partial charge in [0, 0.05) is 37.6 Å². The molecule has 10 heteroatoms. The Morgan fingerprint density at radius 3 is 2.26 bits per heavy atom. The highest BCUT2D eigenvalue weighted by Crippen LogP contribution is 2.36. The summed E-state index contributed by atoms with van der Waals surface area (Å²) in [4.78, 5) is 40.1. The van der Waals surface area contributed by atoms with Crippen LogP contribution in [0.15, 0.2) is 24.3 Å². The van der Waals surface area contributed by atoms with Crippen molar-refractivity contribution in [2.45, 2.75) is 69.7 Å². The molecule has 3 unspecified atom stereocenters. The minimum absolute atomic E-state index is 0.0269. The summed E-state index contributed by atoms with van der Waals surface area (Å²) in [6.07, 6.45) is 0.278.